The molecular weight excluding hydrogens is 243 g/mol. The SMILES string of the molecule is ClCCCc1cnn(-c2ccccc2Cl)c1. The highest BCUT2D eigenvalue weighted by Gasteiger charge is 2.03. The third-order valence-corrected chi connectivity index (χ3v) is 2.92. The molecule has 2 aromatic rings. The van der Waals surface area contributed by atoms with Crippen LogP contribution in [0.5, 0.6) is 0 Å². The predicted molar refractivity (Wildman–Crippen MR) is 67.6 cm³/mol. The molecule has 0 saturated carbocycles. The molecule has 84 valence electrons. The summed E-state index contributed by atoms with van der Waals surface area (Å²) in [6.07, 6.45) is 5.77. The zero-order valence-corrected chi connectivity index (χ0v) is 10.2. The number of aryl methyl sites for hydroxylation is 1. The molecule has 1 heterocycles. The van der Waals surface area contributed by atoms with E-state index in [2.05, 4.69) is 5.10 Å². The van der Waals surface area contributed by atoms with Gasteiger partial charge in [0, 0.05) is 12.1 Å². The van der Waals surface area contributed by atoms with E-state index in [1.165, 1.54) is 5.56 Å². The molecule has 0 bridgehead atoms. The number of alkyl halides is 1. The first-order valence-electron chi connectivity index (χ1n) is 5.15. The predicted octanol–water partition coefficient (Wildman–Crippen LogP) is 3.70. The standard InChI is InChI=1S/C12H12Cl2N2/c13-7-3-4-10-8-15-16(9-10)12-6-2-1-5-11(12)14/h1-2,5-6,8-9H,3-4,7H2. The van der Waals surface area contributed by atoms with Gasteiger partial charge in [-0.3, -0.25) is 0 Å². The molecule has 2 rings (SSSR count). The van der Waals surface area contributed by atoms with Gasteiger partial charge in [0.1, 0.15) is 0 Å². The van der Waals surface area contributed by atoms with E-state index in [0.29, 0.717) is 10.9 Å². The molecule has 2 nitrogen and oxygen atoms in total. The first-order valence-corrected chi connectivity index (χ1v) is 6.07. The van der Waals surface area contributed by atoms with Gasteiger partial charge < -0.3 is 0 Å². The fraction of sp³-hybridized carbons (Fsp3) is 0.250. The van der Waals surface area contributed by atoms with Crippen molar-refractivity contribution < 1.29 is 0 Å². The molecule has 4 heteroatoms. The van der Waals surface area contributed by atoms with Gasteiger partial charge in [-0.25, -0.2) is 4.68 Å². The van der Waals surface area contributed by atoms with Gasteiger partial charge in [0.2, 0.25) is 0 Å². The fourth-order valence-electron chi connectivity index (χ4n) is 1.53. The molecule has 0 N–H and O–H groups in total. The van der Waals surface area contributed by atoms with Crippen molar-refractivity contribution in [2.75, 3.05) is 5.88 Å². The van der Waals surface area contributed by atoms with Crippen LogP contribution in [-0.2, 0) is 6.42 Å². The molecule has 1 aromatic heterocycles. The van der Waals surface area contributed by atoms with Gasteiger partial charge in [0.25, 0.3) is 0 Å². The van der Waals surface area contributed by atoms with Crippen molar-refractivity contribution in [1.82, 2.24) is 9.78 Å². The third-order valence-electron chi connectivity index (χ3n) is 2.33. The number of rotatable bonds is 4. The topological polar surface area (TPSA) is 17.8 Å². The van der Waals surface area contributed by atoms with E-state index in [9.17, 15) is 0 Å². The number of para-hydroxylation sites is 1. The Morgan fingerprint density at radius 3 is 2.81 bits per heavy atom. The van der Waals surface area contributed by atoms with Crippen LogP contribution in [0.3, 0.4) is 0 Å². The van der Waals surface area contributed by atoms with Gasteiger partial charge >= 0.3 is 0 Å². The van der Waals surface area contributed by atoms with Crippen molar-refractivity contribution >= 4 is 23.2 Å². The number of hydrogen-bond donors (Lipinski definition) is 0. The summed E-state index contributed by atoms with van der Waals surface area (Å²) in [5, 5.41) is 4.99. The Hall–Kier alpha value is -0.990. The summed E-state index contributed by atoms with van der Waals surface area (Å²) in [6, 6.07) is 7.66. The molecule has 0 aliphatic rings. The van der Waals surface area contributed by atoms with Crippen LogP contribution in [0, 0.1) is 0 Å². The minimum atomic E-state index is 0.678. The van der Waals surface area contributed by atoms with Gasteiger partial charge in [-0.1, -0.05) is 23.7 Å². The molecular formula is C12H12Cl2N2. The monoisotopic (exact) mass is 254 g/mol. The summed E-state index contributed by atoms with van der Waals surface area (Å²) >= 11 is 11.7. The molecule has 0 aliphatic carbocycles. The number of nitrogens with zero attached hydrogens (tertiary/aromatic N) is 2. The number of aromatic nitrogens is 2. The second-order valence-electron chi connectivity index (χ2n) is 3.54. The molecule has 16 heavy (non-hydrogen) atoms. The molecule has 0 aliphatic heterocycles. The summed E-state index contributed by atoms with van der Waals surface area (Å²) in [7, 11) is 0. The second kappa shape index (κ2) is 5.37. The Kier molecular flexibility index (Phi) is 3.86. The van der Waals surface area contributed by atoms with Crippen LogP contribution in [0.2, 0.25) is 5.02 Å². The largest absolute Gasteiger partial charge is 0.239 e. The Morgan fingerprint density at radius 1 is 1.25 bits per heavy atom. The lowest BCUT2D eigenvalue weighted by atomic mass is 10.2. The van der Waals surface area contributed by atoms with E-state index < -0.39 is 0 Å². The van der Waals surface area contributed by atoms with Crippen molar-refractivity contribution in [2.24, 2.45) is 0 Å². The van der Waals surface area contributed by atoms with Crippen molar-refractivity contribution in [3.05, 3.63) is 47.2 Å². The fourth-order valence-corrected chi connectivity index (χ4v) is 1.89. The Bertz CT molecular complexity index is 466. The molecule has 0 fully saturated rings. The van der Waals surface area contributed by atoms with E-state index >= 15 is 0 Å². The summed E-state index contributed by atoms with van der Waals surface area (Å²) in [6.45, 7) is 0. The molecule has 0 unspecified atom stereocenters. The molecule has 0 amide bonds. The average molecular weight is 255 g/mol. The van der Waals surface area contributed by atoms with Gasteiger partial charge in [-0.2, -0.15) is 5.10 Å². The minimum Gasteiger partial charge on any atom is -0.239 e. The molecule has 0 atom stereocenters. The van der Waals surface area contributed by atoms with Crippen molar-refractivity contribution in [1.29, 1.82) is 0 Å². The van der Waals surface area contributed by atoms with Gasteiger partial charge in [0.05, 0.1) is 16.9 Å². The lowest BCUT2D eigenvalue weighted by Crippen LogP contribution is -1.94. The van der Waals surface area contributed by atoms with E-state index in [1.54, 1.807) is 4.68 Å². The summed E-state index contributed by atoms with van der Waals surface area (Å²) in [5.41, 5.74) is 2.09. The van der Waals surface area contributed by atoms with Crippen LogP contribution in [0.1, 0.15) is 12.0 Å². The van der Waals surface area contributed by atoms with Crippen molar-refractivity contribution in [2.45, 2.75) is 12.8 Å². The summed E-state index contributed by atoms with van der Waals surface area (Å²) in [4.78, 5) is 0. The van der Waals surface area contributed by atoms with E-state index in [1.807, 2.05) is 36.7 Å². The second-order valence-corrected chi connectivity index (χ2v) is 4.32. The van der Waals surface area contributed by atoms with E-state index in [-0.39, 0.29) is 0 Å². The number of hydrogen-bond acceptors (Lipinski definition) is 1. The summed E-state index contributed by atoms with van der Waals surface area (Å²) in [5.74, 6) is 0.678. The molecule has 1 aromatic carbocycles. The van der Waals surface area contributed by atoms with Crippen LogP contribution in [0.15, 0.2) is 36.7 Å². The first-order chi connectivity index (χ1) is 7.81. The molecule has 0 radical (unpaired) electrons. The highest BCUT2D eigenvalue weighted by atomic mass is 35.5. The van der Waals surface area contributed by atoms with Crippen LogP contribution in [-0.4, -0.2) is 15.7 Å². The quantitative estimate of drug-likeness (QED) is 0.762. The minimum absolute atomic E-state index is 0.678. The number of benzene rings is 1. The Balaban J connectivity index is 2.22. The zero-order chi connectivity index (χ0) is 11.4. The Labute approximate surface area is 105 Å². The number of halogens is 2. The molecule has 0 saturated heterocycles. The van der Waals surface area contributed by atoms with Crippen LogP contribution in [0.4, 0.5) is 0 Å². The third kappa shape index (κ3) is 2.57. The maximum atomic E-state index is 6.09. The van der Waals surface area contributed by atoms with Gasteiger partial charge in [0.15, 0.2) is 0 Å². The maximum absolute atomic E-state index is 6.09. The normalized spacial score (nSPS) is 10.6. The van der Waals surface area contributed by atoms with Crippen molar-refractivity contribution in [3.63, 3.8) is 0 Å². The Morgan fingerprint density at radius 2 is 2.06 bits per heavy atom. The van der Waals surface area contributed by atoms with Gasteiger partial charge in [-0.15, -0.1) is 11.6 Å². The van der Waals surface area contributed by atoms with Crippen LogP contribution < -0.4 is 0 Å². The average Bonchev–Trinajstić information content (AvgIpc) is 2.75. The van der Waals surface area contributed by atoms with E-state index in [0.717, 1.165) is 18.5 Å². The smallest absolute Gasteiger partial charge is 0.0831 e. The van der Waals surface area contributed by atoms with Crippen LogP contribution >= 0.6 is 23.2 Å². The zero-order valence-electron chi connectivity index (χ0n) is 8.74. The van der Waals surface area contributed by atoms with E-state index in [4.69, 9.17) is 23.2 Å². The van der Waals surface area contributed by atoms with Crippen molar-refractivity contribution in [3.8, 4) is 5.69 Å². The van der Waals surface area contributed by atoms with Crippen LogP contribution in [0.25, 0.3) is 5.69 Å². The maximum Gasteiger partial charge on any atom is 0.0831 e. The molecule has 0 spiro atoms. The lowest BCUT2D eigenvalue weighted by molar-refractivity contribution is 0.878. The highest BCUT2D eigenvalue weighted by Crippen LogP contribution is 2.19. The lowest BCUT2D eigenvalue weighted by Gasteiger charge is -2.02. The first kappa shape index (κ1) is 11.5. The summed E-state index contributed by atoms with van der Waals surface area (Å²) < 4.78 is 1.80. The highest BCUT2D eigenvalue weighted by molar-refractivity contribution is 6.32. The van der Waals surface area contributed by atoms with Gasteiger partial charge in [-0.05, 0) is 30.5 Å².